The van der Waals surface area contributed by atoms with Gasteiger partial charge in [0.25, 0.3) is 0 Å². The molecule has 0 bridgehead atoms. The number of carbonyl (C=O) groups is 1. The number of morpholine rings is 1. The van der Waals surface area contributed by atoms with Gasteiger partial charge in [-0.15, -0.1) is 0 Å². The number of nitrogens with one attached hydrogen (secondary N) is 2. The van der Waals surface area contributed by atoms with Gasteiger partial charge in [-0.05, 0) is 30.5 Å². The van der Waals surface area contributed by atoms with E-state index in [0.717, 1.165) is 36.4 Å². The van der Waals surface area contributed by atoms with E-state index in [0.29, 0.717) is 32.9 Å². The van der Waals surface area contributed by atoms with Crippen LogP contribution in [-0.4, -0.2) is 58.3 Å². The third kappa shape index (κ3) is 3.44. The van der Waals surface area contributed by atoms with Crippen LogP contribution in [0.4, 0.5) is 0 Å². The number of fused-ring (bicyclic) bond motifs is 1. The highest BCUT2D eigenvalue weighted by molar-refractivity contribution is 5.81. The van der Waals surface area contributed by atoms with Gasteiger partial charge in [0, 0.05) is 38.3 Å². The number of rotatable bonds is 4. The fourth-order valence-electron chi connectivity index (χ4n) is 3.66. The van der Waals surface area contributed by atoms with Crippen LogP contribution in [0, 0.1) is 0 Å². The maximum Gasteiger partial charge on any atom is 0.250 e. The second kappa shape index (κ2) is 7.19. The summed E-state index contributed by atoms with van der Waals surface area (Å²) < 4.78 is 22.0. The Kier molecular flexibility index (Phi) is 4.78. The number of hydrogen-bond donors (Lipinski definition) is 2. The summed E-state index contributed by atoms with van der Waals surface area (Å²) in [5.41, 5.74) is 1.000. The predicted octanol–water partition coefficient (Wildman–Crippen LogP) is 0.568. The van der Waals surface area contributed by atoms with Crippen molar-refractivity contribution in [3.63, 3.8) is 0 Å². The predicted molar refractivity (Wildman–Crippen MR) is 89.9 cm³/mol. The molecule has 1 aromatic carbocycles. The van der Waals surface area contributed by atoms with Gasteiger partial charge in [-0.2, -0.15) is 0 Å². The van der Waals surface area contributed by atoms with Crippen LogP contribution in [0.3, 0.4) is 0 Å². The van der Waals surface area contributed by atoms with Crippen LogP contribution in [-0.2, 0) is 19.7 Å². The molecule has 2 fully saturated rings. The normalized spacial score (nSPS) is 24.7. The van der Waals surface area contributed by atoms with E-state index in [4.69, 9.17) is 18.9 Å². The van der Waals surface area contributed by atoms with E-state index in [1.165, 1.54) is 0 Å². The lowest BCUT2D eigenvalue weighted by atomic mass is 9.74. The van der Waals surface area contributed by atoms with E-state index in [1.54, 1.807) is 0 Å². The molecule has 7 nitrogen and oxygen atoms in total. The Morgan fingerprint density at radius 1 is 1.20 bits per heavy atom. The summed E-state index contributed by atoms with van der Waals surface area (Å²) in [6.45, 7) is 4.12. The van der Waals surface area contributed by atoms with Gasteiger partial charge < -0.3 is 29.6 Å². The third-order valence-electron chi connectivity index (χ3n) is 5.26. The number of hydrogen-bond acceptors (Lipinski definition) is 6. The van der Waals surface area contributed by atoms with E-state index < -0.39 is 6.10 Å². The van der Waals surface area contributed by atoms with E-state index in [1.807, 2.05) is 12.1 Å². The molecular weight excluding hydrogens is 324 g/mol. The molecule has 4 rings (SSSR count). The Labute approximate surface area is 147 Å². The van der Waals surface area contributed by atoms with Crippen LogP contribution in [0.5, 0.6) is 11.5 Å². The summed E-state index contributed by atoms with van der Waals surface area (Å²) in [5, 5.41) is 6.28. The van der Waals surface area contributed by atoms with Crippen LogP contribution < -0.4 is 20.1 Å². The summed E-state index contributed by atoms with van der Waals surface area (Å²) in [4.78, 5) is 12.4. The van der Waals surface area contributed by atoms with Gasteiger partial charge in [0.1, 0.15) is 6.10 Å². The first-order chi connectivity index (χ1) is 12.3. The van der Waals surface area contributed by atoms with Crippen molar-refractivity contribution >= 4 is 5.91 Å². The van der Waals surface area contributed by atoms with Crippen molar-refractivity contribution in [2.24, 2.45) is 0 Å². The Bertz CT molecular complexity index is 624. The molecule has 0 spiro atoms. The number of carbonyl (C=O) groups excluding carboxylic acids is 1. The highest BCUT2D eigenvalue weighted by atomic mass is 16.7. The maximum absolute atomic E-state index is 12.4. The van der Waals surface area contributed by atoms with Crippen LogP contribution in [0.1, 0.15) is 18.4 Å². The zero-order chi connectivity index (χ0) is 17.1. The van der Waals surface area contributed by atoms with Gasteiger partial charge in [0.2, 0.25) is 12.7 Å². The molecule has 2 saturated heterocycles. The number of benzene rings is 1. The molecule has 0 aromatic heterocycles. The molecular formula is C18H24N2O5. The minimum Gasteiger partial charge on any atom is -0.454 e. The van der Waals surface area contributed by atoms with Crippen molar-refractivity contribution in [1.82, 2.24) is 10.6 Å². The highest BCUT2D eigenvalue weighted by Crippen LogP contribution is 2.40. The molecule has 0 saturated carbocycles. The average molecular weight is 348 g/mol. The van der Waals surface area contributed by atoms with Crippen molar-refractivity contribution in [2.75, 3.05) is 46.2 Å². The fraction of sp³-hybridized carbons (Fsp3) is 0.611. The lowest BCUT2D eigenvalue weighted by molar-refractivity contribution is -0.134. The number of ether oxygens (including phenoxy) is 4. The average Bonchev–Trinajstić information content (AvgIpc) is 3.15. The molecule has 3 aliphatic rings. The number of amides is 1. The van der Waals surface area contributed by atoms with Crippen LogP contribution in [0.25, 0.3) is 0 Å². The molecule has 1 aromatic rings. The maximum atomic E-state index is 12.4. The van der Waals surface area contributed by atoms with Crippen LogP contribution in [0.15, 0.2) is 18.2 Å². The molecule has 1 unspecified atom stereocenters. The van der Waals surface area contributed by atoms with Gasteiger partial charge in [0.15, 0.2) is 11.5 Å². The first kappa shape index (κ1) is 16.6. The van der Waals surface area contributed by atoms with Gasteiger partial charge in [-0.1, -0.05) is 6.07 Å². The minimum absolute atomic E-state index is 0.0567. The van der Waals surface area contributed by atoms with Crippen molar-refractivity contribution in [3.8, 4) is 11.5 Å². The molecule has 3 aliphatic heterocycles. The van der Waals surface area contributed by atoms with Crippen LogP contribution in [0.2, 0.25) is 0 Å². The van der Waals surface area contributed by atoms with E-state index in [-0.39, 0.29) is 18.1 Å². The first-order valence-corrected chi connectivity index (χ1v) is 8.85. The minimum atomic E-state index is -0.414. The van der Waals surface area contributed by atoms with Gasteiger partial charge in [-0.25, -0.2) is 0 Å². The standard InChI is InChI=1S/C18H24N2O5/c21-17(16-10-19-5-8-23-16)20-11-18(3-6-22-7-4-18)13-1-2-14-15(9-13)25-12-24-14/h1-2,9,16,19H,3-8,10-12H2,(H,20,21). The van der Waals surface area contributed by atoms with Crippen LogP contribution >= 0.6 is 0 Å². The zero-order valence-electron chi connectivity index (χ0n) is 14.2. The molecule has 136 valence electrons. The van der Waals surface area contributed by atoms with Crippen molar-refractivity contribution in [3.05, 3.63) is 23.8 Å². The Morgan fingerprint density at radius 3 is 2.84 bits per heavy atom. The van der Waals surface area contributed by atoms with Crippen molar-refractivity contribution < 1.29 is 23.7 Å². The molecule has 0 radical (unpaired) electrons. The zero-order valence-corrected chi connectivity index (χ0v) is 14.2. The lowest BCUT2D eigenvalue weighted by Crippen LogP contribution is -2.51. The SMILES string of the molecule is O=C(NCC1(c2ccc3c(c2)OCO3)CCOCC1)C1CNCCO1. The summed E-state index contributed by atoms with van der Waals surface area (Å²) in [7, 11) is 0. The Morgan fingerprint density at radius 2 is 2.04 bits per heavy atom. The lowest BCUT2D eigenvalue weighted by Gasteiger charge is -2.38. The highest BCUT2D eigenvalue weighted by Gasteiger charge is 2.36. The van der Waals surface area contributed by atoms with Gasteiger partial charge in [-0.3, -0.25) is 4.79 Å². The molecule has 1 amide bonds. The Hall–Kier alpha value is -1.83. The van der Waals surface area contributed by atoms with Crippen molar-refractivity contribution in [2.45, 2.75) is 24.4 Å². The monoisotopic (exact) mass is 348 g/mol. The summed E-state index contributed by atoms with van der Waals surface area (Å²) in [6.07, 6.45) is 1.30. The van der Waals surface area contributed by atoms with E-state index >= 15 is 0 Å². The molecule has 1 atom stereocenters. The first-order valence-electron chi connectivity index (χ1n) is 8.85. The van der Waals surface area contributed by atoms with E-state index in [2.05, 4.69) is 16.7 Å². The summed E-state index contributed by atoms with van der Waals surface area (Å²) in [6, 6.07) is 6.06. The molecule has 0 aliphatic carbocycles. The molecule has 25 heavy (non-hydrogen) atoms. The summed E-state index contributed by atoms with van der Waals surface area (Å²) >= 11 is 0. The fourth-order valence-corrected chi connectivity index (χ4v) is 3.66. The quantitative estimate of drug-likeness (QED) is 0.828. The topological polar surface area (TPSA) is 78.1 Å². The van der Waals surface area contributed by atoms with Gasteiger partial charge in [0.05, 0.1) is 6.61 Å². The molecule has 7 heteroatoms. The summed E-state index contributed by atoms with van der Waals surface area (Å²) in [5.74, 6) is 1.49. The molecule has 2 N–H and O–H groups in total. The second-order valence-electron chi connectivity index (χ2n) is 6.74. The third-order valence-corrected chi connectivity index (χ3v) is 5.26. The van der Waals surface area contributed by atoms with Crippen molar-refractivity contribution in [1.29, 1.82) is 0 Å². The second-order valence-corrected chi connectivity index (χ2v) is 6.74. The van der Waals surface area contributed by atoms with Gasteiger partial charge >= 0.3 is 0 Å². The van der Waals surface area contributed by atoms with E-state index in [9.17, 15) is 4.79 Å². The molecule has 3 heterocycles. The Balaban J connectivity index is 1.50. The largest absolute Gasteiger partial charge is 0.454 e. The smallest absolute Gasteiger partial charge is 0.250 e.